The van der Waals surface area contributed by atoms with Crippen LogP contribution in [0.1, 0.15) is 47.9 Å². The van der Waals surface area contributed by atoms with Gasteiger partial charge in [0.05, 0.1) is 4.90 Å². The van der Waals surface area contributed by atoms with Crippen LogP contribution >= 0.6 is 0 Å². The molecule has 2 aromatic rings. The first kappa shape index (κ1) is 23.8. The van der Waals surface area contributed by atoms with Crippen LogP contribution in [-0.2, 0) is 21.4 Å². The van der Waals surface area contributed by atoms with Gasteiger partial charge in [0.2, 0.25) is 15.9 Å². The Kier molecular flexibility index (Phi) is 7.10. The molecule has 7 heteroatoms. The summed E-state index contributed by atoms with van der Waals surface area (Å²) < 4.78 is 28.1. The number of nitrogens with one attached hydrogen (secondary N) is 1. The van der Waals surface area contributed by atoms with E-state index in [1.807, 2.05) is 32.9 Å². The Bertz CT molecular complexity index is 1080. The number of aryl methyl sites for hydroxylation is 3. The van der Waals surface area contributed by atoms with Crippen LogP contribution < -0.4 is 10.2 Å². The van der Waals surface area contributed by atoms with Gasteiger partial charge in [-0.05, 0) is 75.3 Å². The molecule has 0 atom stereocenters. The molecule has 2 fully saturated rings. The molecular formula is C26H35N3O3S. The van der Waals surface area contributed by atoms with Gasteiger partial charge in [0, 0.05) is 44.3 Å². The highest BCUT2D eigenvalue weighted by Crippen LogP contribution is 2.29. The number of anilines is 1. The average Bonchev–Trinajstić information content (AvgIpc) is 3.32. The van der Waals surface area contributed by atoms with Crippen LogP contribution in [0.2, 0.25) is 0 Å². The smallest absolute Gasteiger partial charge is 0.243 e. The lowest BCUT2D eigenvalue weighted by Gasteiger charge is -2.31. The van der Waals surface area contributed by atoms with Gasteiger partial charge in [0.1, 0.15) is 0 Å². The normalized spacial score (nSPS) is 18.0. The first-order valence-corrected chi connectivity index (χ1v) is 13.4. The maximum Gasteiger partial charge on any atom is 0.243 e. The van der Waals surface area contributed by atoms with Crippen molar-refractivity contribution in [1.29, 1.82) is 0 Å². The van der Waals surface area contributed by atoms with E-state index in [1.54, 1.807) is 4.31 Å². The molecule has 2 heterocycles. The quantitative estimate of drug-likeness (QED) is 0.696. The number of rotatable bonds is 6. The Balaban J connectivity index is 1.31. The third-order valence-electron chi connectivity index (χ3n) is 6.90. The van der Waals surface area contributed by atoms with Crippen LogP contribution in [0.25, 0.3) is 0 Å². The average molecular weight is 470 g/mol. The molecule has 2 saturated heterocycles. The van der Waals surface area contributed by atoms with Crippen molar-refractivity contribution in [2.45, 2.75) is 57.9 Å². The molecule has 0 saturated carbocycles. The fourth-order valence-electron chi connectivity index (χ4n) is 5.19. The fraction of sp³-hybridized carbons (Fsp3) is 0.500. The minimum absolute atomic E-state index is 0.0124. The summed E-state index contributed by atoms with van der Waals surface area (Å²) >= 11 is 0. The number of sulfonamides is 1. The minimum Gasteiger partial charge on any atom is -0.372 e. The maximum atomic E-state index is 13.3. The lowest BCUT2D eigenvalue weighted by atomic mass is 9.97. The molecule has 4 rings (SSSR count). The number of nitrogens with zero attached hydrogens (tertiary/aromatic N) is 2. The van der Waals surface area contributed by atoms with Gasteiger partial charge >= 0.3 is 0 Å². The zero-order valence-electron chi connectivity index (χ0n) is 19.9. The van der Waals surface area contributed by atoms with Crippen molar-refractivity contribution in [3.05, 3.63) is 58.7 Å². The number of carbonyl (C=O) groups excluding carboxylic acids is 1. The monoisotopic (exact) mass is 469 g/mol. The van der Waals surface area contributed by atoms with Crippen LogP contribution in [0.3, 0.4) is 0 Å². The van der Waals surface area contributed by atoms with E-state index in [2.05, 4.69) is 34.5 Å². The van der Waals surface area contributed by atoms with Crippen molar-refractivity contribution in [1.82, 2.24) is 9.62 Å². The van der Waals surface area contributed by atoms with Crippen LogP contribution in [0.15, 0.2) is 41.3 Å². The van der Waals surface area contributed by atoms with E-state index in [9.17, 15) is 13.2 Å². The fourth-order valence-corrected chi connectivity index (χ4v) is 7.08. The van der Waals surface area contributed by atoms with Gasteiger partial charge in [0.15, 0.2) is 0 Å². The molecule has 178 valence electrons. The largest absolute Gasteiger partial charge is 0.372 e. The summed E-state index contributed by atoms with van der Waals surface area (Å²) in [4.78, 5) is 15.5. The van der Waals surface area contributed by atoms with Crippen molar-refractivity contribution in [2.24, 2.45) is 5.92 Å². The highest BCUT2D eigenvalue weighted by molar-refractivity contribution is 7.89. The molecule has 0 spiro atoms. The number of amides is 1. The van der Waals surface area contributed by atoms with Gasteiger partial charge in [-0.1, -0.05) is 29.8 Å². The predicted molar refractivity (Wildman–Crippen MR) is 132 cm³/mol. The number of carbonyl (C=O) groups is 1. The van der Waals surface area contributed by atoms with E-state index in [-0.39, 0.29) is 11.8 Å². The summed E-state index contributed by atoms with van der Waals surface area (Å²) in [5.41, 5.74) is 4.95. The number of hydrogen-bond acceptors (Lipinski definition) is 4. The molecule has 33 heavy (non-hydrogen) atoms. The van der Waals surface area contributed by atoms with E-state index in [4.69, 9.17) is 0 Å². The minimum atomic E-state index is -3.56. The second-order valence-electron chi connectivity index (χ2n) is 9.48. The van der Waals surface area contributed by atoms with Gasteiger partial charge in [0.25, 0.3) is 0 Å². The van der Waals surface area contributed by atoms with E-state index in [0.717, 1.165) is 35.3 Å². The van der Waals surface area contributed by atoms with Gasteiger partial charge in [-0.15, -0.1) is 0 Å². The van der Waals surface area contributed by atoms with E-state index in [1.165, 1.54) is 18.5 Å². The summed E-state index contributed by atoms with van der Waals surface area (Å²) in [7, 11) is -3.56. The standard InChI is InChI=1S/C26H35N3O3S/c1-19-16-20(2)25(21(3)17-19)33(31,32)29-14-10-23(11-15-29)26(30)27-18-22-6-8-24(9-7-22)28-12-4-5-13-28/h6-9,16-17,23H,4-5,10-15,18H2,1-3H3,(H,27,30). The Labute approximate surface area is 198 Å². The molecule has 2 aliphatic heterocycles. The summed E-state index contributed by atoms with van der Waals surface area (Å²) in [6.07, 6.45) is 3.59. The van der Waals surface area contributed by atoms with Gasteiger partial charge < -0.3 is 10.2 Å². The lowest BCUT2D eigenvalue weighted by Crippen LogP contribution is -2.43. The molecule has 0 radical (unpaired) electrons. The van der Waals surface area contributed by atoms with Crippen molar-refractivity contribution >= 4 is 21.6 Å². The Morgan fingerprint density at radius 3 is 2.09 bits per heavy atom. The summed E-state index contributed by atoms with van der Waals surface area (Å²) in [5, 5.41) is 3.05. The molecule has 1 N–H and O–H groups in total. The van der Waals surface area contributed by atoms with Crippen molar-refractivity contribution in [3.63, 3.8) is 0 Å². The summed E-state index contributed by atoms with van der Waals surface area (Å²) in [6.45, 7) is 9.16. The SMILES string of the molecule is Cc1cc(C)c(S(=O)(=O)N2CCC(C(=O)NCc3ccc(N4CCCC4)cc3)CC2)c(C)c1. The van der Waals surface area contributed by atoms with E-state index in [0.29, 0.717) is 37.4 Å². The first-order chi connectivity index (χ1) is 15.8. The van der Waals surface area contributed by atoms with Crippen molar-refractivity contribution in [3.8, 4) is 0 Å². The summed E-state index contributed by atoms with van der Waals surface area (Å²) in [5.74, 6) is -0.140. The van der Waals surface area contributed by atoms with Gasteiger partial charge in [-0.2, -0.15) is 4.31 Å². The second kappa shape index (κ2) is 9.85. The second-order valence-corrected chi connectivity index (χ2v) is 11.4. The predicted octanol–water partition coefficient (Wildman–Crippen LogP) is 3.93. The molecule has 2 aliphatic rings. The zero-order chi connectivity index (χ0) is 23.6. The Morgan fingerprint density at radius 1 is 0.939 bits per heavy atom. The van der Waals surface area contributed by atoms with E-state index < -0.39 is 10.0 Å². The number of hydrogen-bond donors (Lipinski definition) is 1. The molecule has 0 unspecified atom stereocenters. The molecule has 0 bridgehead atoms. The van der Waals surface area contributed by atoms with E-state index >= 15 is 0 Å². The van der Waals surface area contributed by atoms with Gasteiger partial charge in [-0.25, -0.2) is 8.42 Å². The molecule has 2 aromatic carbocycles. The van der Waals surface area contributed by atoms with Crippen LogP contribution in [-0.4, -0.2) is 44.8 Å². The lowest BCUT2D eigenvalue weighted by molar-refractivity contribution is -0.126. The molecule has 1 amide bonds. The Hall–Kier alpha value is -2.38. The van der Waals surface area contributed by atoms with Crippen LogP contribution in [0, 0.1) is 26.7 Å². The Morgan fingerprint density at radius 2 is 1.52 bits per heavy atom. The maximum absolute atomic E-state index is 13.3. The highest BCUT2D eigenvalue weighted by atomic mass is 32.2. The number of piperidine rings is 1. The zero-order valence-corrected chi connectivity index (χ0v) is 20.7. The molecular weight excluding hydrogens is 434 g/mol. The molecule has 0 aliphatic carbocycles. The first-order valence-electron chi connectivity index (χ1n) is 12.0. The van der Waals surface area contributed by atoms with Crippen LogP contribution in [0.5, 0.6) is 0 Å². The van der Waals surface area contributed by atoms with Crippen LogP contribution in [0.4, 0.5) is 5.69 Å². The molecule has 0 aromatic heterocycles. The third kappa shape index (κ3) is 5.25. The van der Waals surface area contributed by atoms with Gasteiger partial charge in [-0.3, -0.25) is 4.79 Å². The topological polar surface area (TPSA) is 69.7 Å². The highest BCUT2D eigenvalue weighted by Gasteiger charge is 2.33. The van der Waals surface area contributed by atoms with Crippen molar-refractivity contribution < 1.29 is 13.2 Å². The number of benzene rings is 2. The van der Waals surface area contributed by atoms with Crippen molar-refractivity contribution in [2.75, 3.05) is 31.1 Å². The molecule has 6 nitrogen and oxygen atoms in total. The summed E-state index contributed by atoms with van der Waals surface area (Å²) in [6, 6.07) is 12.2. The third-order valence-corrected chi connectivity index (χ3v) is 9.11.